The van der Waals surface area contributed by atoms with Gasteiger partial charge in [-0.05, 0) is 42.5 Å². The summed E-state index contributed by atoms with van der Waals surface area (Å²) in [5.74, 6) is -0.377. The van der Waals surface area contributed by atoms with Crippen molar-refractivity contribution in [3.63, 3.8) is 0 Å². The number of nitrogens with one attached hydrogen (secondary N) is 2. The molecular weight excluding hydrogens is 351 g/mol. The summed E-state index contributed by atoms with van der Waals surface area (Å²) in [5, 5.41) is 6.70. The van der Waals surface area contributed by atoms with E-state index in [1.165, 1.54) is 0 Å². The molecule has 0 bridgehead atoms. The van der Waals surface area contributed by atoms with Crippen LogP contribution in [-0.4, -0.2) is 11.0 Å². The van der Waals surface area contributed by atoms with E-state index in [9.17, 15) is 4.79 Å². The fourth-order valence-corrected chi connectivity index (χ4v) is 2.44. The zero-order valence-electron chi connectivity index (χ0n) is 10.5. The number of thiocarbonyl (C=S) groups is 1. The number of benzene rings is 2. The van der Waals surface area contributed by atoms with Crippen LogP contribution in [0.15, 0.2) is 42.5 Å². The Balaban J connectivity index is 2.07. The van der Waals surface area contributed by atoms with Crippen molar-refractivity contribution in [3.8, 4) is 0 Å². The lowest BCUT2D eigenvalue weighted by Crippen LogP contribution is -2.34. The highest BCUT2D eigenvalue weighted by Gasteiger charge is 2.11. The Morgan fingerprint density at radius 1 is 1.00 bits per heavy atom. The largest absolute Gasteiger partial charge is 0.330 e. The maximum Gasteiger partial charge on any atom is 0.257 e. The molecule has 0 spiro atoms. The number of amides is 1. The Kier molecular flexibility index (Phi) is 5.42. The van der Waals surface area contributed by atoms with Crippen LogP contribution in [0.2, 0.25) is 15.1 Å². The summed E-state index contributed by atoms with van der Waals surface area (Å²) in [5.41, 5.74) is 0.842. The van der Waals surface area contributed by atoms with Crippen LogP contribution in [0.25, 0.3) is 0 Å². The van der Waals surface area contributed by atoms with Crippen LogP contribution >= 0.6 is 47.0 Å². The average molecular weight is 360 g/mol. The van der Waals surface area contributed by atoms with Crippen molar-refractivity contribution < 1.29 is 4.79 Å². The molecule has 0 saturated heterocycles. The highest BCUT2D eigenvalue weighted by molar-refractivity contribution is 7.80. The van der Waals surface area contributed by atoms with Crippen LogP contribution in [0.4, 0.5) is 5.69 Å². The lowest BCUT2D eigenvalue weighted by atomic mass is 10.2. The summed E-state index contributed by atoms with van der Waals surface area (Å²) >= 11 is 22.9. The molecular formula is C14H9Cl3N2OS. The van der Waals surface area contributed by atoms with Crippen LogP contribution in [0.5, 0.6) is 0 Å². The Hall–Kier alpha value is -1.33. The molecule has 0 atom stereocenters. The highest BCUT2D eigenvalue weighted by atomic mass is 35.5. The third-order valence-corrected chi connectivity index (χ3v) is 3.58. The molecule has 108 valence electrons. The second kappa shape index (κ2) is 7.09. The average Bonchev–Trinajstić information content (AvgIpc) is 2.43. The van der Waals surface area contributed by atoms with Crippen LogP contribution < -0.4 is 10.6 Å². The molecule has 7 heteroatoms. The third-order valence-electron chi connectivity index (χ3n) is 2.52. The molecule has 0 aliphatic rings. The predicted molar refractivity (Wildman–Crippen MR) is 91.6 cm³/mol. The van der Waals surface area contributed by atoms with Gasteiger partial charge in [0.1, 0.15) is 0 Å². The lowest BCUT2D eigenvalue weighted by molar-refractivity contribution is 0.0977. The van der Waals surface area contributed by atoms with Gasteiger partial charge in [0.25, 0.3) is 5.91 Å². The van der Waals surface area contributed by atoms with Crippen molar-refractivity contribution in [2.75, 3.05) is 5.32 Å². The molecule has 2 aromatic rings. The van der Waals surface area contributed by atoms with Gasteiger partial charge in [-0.2, -0.15) is 0 Å². The molecule has 0 aromatic heterocycles. The molecule has 0 fully saturated rings. The van der Waals surface area contributed by atoms with E-state index in [0.29, 0.717) is 26.3 Å². The molecule has 0 radical (unpaired) electrons. The van der Waals surface area contributed by atoms with Gasteiger partial charge in [0.2, 0.25) is 0 Å². The summed E-state index contributed by atoms with van der Waals surface area (Å²) in [6.45, 7) is 0. The maximum atomic E-state index is 12.0. The molecule has 0 aliphatic heterocycles. The lowest BCUT2D eigenvalue weighted by Gasteiger charge is -2.12. The summed E-state index contributed by atoms with van der Waals surface area (Å²) in [6.07, 6.45) is 0. The van der Waals surface area contributed by atoms with E-state index >= 15 is 0 Å². The number of hydrogen-bond donors (Lipinski definition) is 2. The first-order valence-electron chi connectivity index (χ1n) is 5.79. The third kappa shape index (κ3) is 4.32. The number of para-hydroxylation sites is 1. The first kappa shape index (κ1) is 16.0. The summed E-state index contributed by atoms with van der Waals surface area (Å²) in [7, 11) is 0. The number of anilines is 1. The minimum absolute atomic E-state index is 0.0926. The molecule has 2 aromatic carbocycles. The molecule has 3 nitrogen and oxygen atoms in total. The van der Waals surface area contributed by atoms with E-state index < -0.39 is 0 Å². The summed E-state index contributed by atoms with van der Waals surface area (Å²) < 4.78 is 0. The van der Waals surface area contributed by atoms with Crippen molar-refractivity contribution in [3.05, 3.63) is 63.1 Å². The number of hydrogen-bond acceptors (Lipinski definition) is 2. The molecule has 2 rings (SSSR count). The van der Waals surface area contributed by atoms with Crippen LogP contribution in [0.3, 0.4) is 0 Å². The zero-order chi connectivity index (χ0) is 15.4. The Morgan fingerprint density at radius 2 is 1.62 bits per heavy atom. The number of rotatable bonds is 2. The van der Waals surface area contributed by atoms with E-state index in [4.69, 9.17) is 47.0 Å². The molecule has 0 unspecified atom stereocenters. The SMILES string of the molecule is O=C(NC(=S)Nc1c(Cl)cccc1Cl)c1cccc(Cl)c1. The van der Waals surface area contributed by atoms with Gasteiger partial charge in [-0.25, -0.2) is 0 Å². The van der Waals surface area contributed by atoms with Gasteiger partial charge in [0.15, 0.2) is 5.11 Å². The Morgan fingerprint density at radius 3 is 2.24 bits per heavy atom. The van der Waals surface area contributed by atoms with Crippen molar-refractivity contribution in [2.45, 2.75) is 0 Å². The first-order valence-corrected chi connectivity index (χ1v) is 7.33. The number of carbonyl (C=O) groups is 1. The monoisotopic (exact) mass is 358 g/mol. The van der Waals surface area contributed by atoms with Crippen LogP contribution in [0.1, 0.15) is 10.4 Å². The van der Waals surface area contributed by atoms with E-state index in [-0.39, 0.29) is 11.0 Å². The fourth-order valence-electron chi connectivity index (χ4n) is 1.57. The maximum absolute atomic E-state index is 12.0. The number of halogens is 3. The molecule has 0 saturated carbocycles. The van der Waals surface area contributed by atoms with Gasteiger partial charge in [-0.1, -0.05) is 46.9 Å². The molecule has 2 N–H and O–H groups in total. The van der Waals surface area contributed by atoms with Crippen molar-refractivity contribution in [1.29, 1.82) is 0 Å². The van der Waals surface area contributed by atoms with Gasteiger partial charge in [-0.3, -0.25) is 10.1 Å². The minimum Gasteiger partial charge on any atom is -0.330 e. The van der Waals surface area contributed by atoms with Gasteiger partial charge in [-0.15, -0.1) is 0 Å². The highest BCUT2D eigenvalue weighted by Crippen LogP contribution is 2.29. The fraction of sp³-hybridized carbons (Fsp3) is 0. The molecule has 0 heterocycles. The van der Waals surface area contributed by atoms with Gasteiger partial charge in [0, 0.05) is 10.6 Å². The van der Waals surface area contributed by atoms with Gasteiger partial charge < -0.3 is 5.32 Å². The topological polar surface area (TPSA) is 41.1 Å². The first-order chi connectivity index (χ1) is 9.97. The van der Waals surface area contributed by atoms with Gasteiger partial charge >= 0.3 is 0 Å². The second-order valence-corrected chi connectivity index (χ2v) is 5.67. The zero-order valence-corrected chi connectivity index (χ0v) is 13.6. The smallest absolute Gasteiger partial charge is 0.257 e. The standard InChI is InChI=1S/C14H9Cl3N2OS/c15-9-4-1-3-8(7-9)13(20)19-14(21)18-12-10(16)5-2-6-11(12)17/h1-7H,(H2,18,19,20,21). The van der Waals surface area contributed by atoms with E-state index in [0.717, 1.165) is 0 Å². The Bertz CT molecular complexity index is 686. The minimum atomic E-state index is -0.377. The van der Waals surface area contributed by atoms with E-state index in [2.05, 4.69) is 10.6 Å². The van der Waals surface area contributed by atoms with Crippen LogP contribution in [0, 0.1) is 0 Å². The van der Waals surface area contributed by atoms with Crippen molar-refractivity contribution >= 4 is 63.7 Å². The Labute approximate surface area is 142 Å². The van der Waals surface area contributed by atoms with E-state index in [1.807, 2.05) is 0 Å². The number of carbonyl (C=O) groups excluding carboxylic acids is 1. The summed E-state index contributed by atoms with van der Waals surface area (Å²) in [6, 6.07) is 11.6. The van der Waals surface area contributed by atoms with Gasteiger partial charge in [0.05, 0.1) is 15.7 Å². The second-order valence-electron chi connectivity index (χ2n) is 4.02. The van der Waals surface area contributed by atoms with Crippen molar-refractivity contribution in [1.82, 2.24) is 5.32 Å². The van der Waals surface area contributed by atoms with E-state index in [1.54, 1.807) is 42.5 Å². The molecule has 21 heavy (non-hydrogen) atoms. The quantitative estimate of drug-likeness (QED) is 0.759. The summed E-state index contributed by atoms with van der Waals surface area (Å²) in [4.78, 5) is 12.0. The molecule has 0 aliphatic carbocycles. The van der Waals surface area contributed by atoms with Crippen molar-refractivity contribution in [2.24, 2.45) is 0 Å². The molecule has 1 amide bonds. The predicted octanol–water partition coefficient (Wildman–Crippen LogP) is 4.77. The normalized spacial score (nSPS) is 10.0. The van der Waals surface area contributed by atoms with Crippen LogP contribution in [-0.2, 0) is 0 Å².